The van der Waals surface area contributed by atoms with Gasteiger partial charge < -0.3 is 11.1 Å². The molecule has 0 aliphatic rings. The molecule has 0 amide bonds. The topological polar surface area (TPSA) is 63.8 Å². The molecule has 0 aliphatic heterocycles. The third kappa shape index (κ3) is 2.66. The fourth-order valence-corrected chi connectivity index (χ4v) is 1.83. The van der Waals surface area contributed by atoms with Crippen molar-refractivity contribution in [3.05, 3.63) is 34.4 Å². The lowest BCUT2D eigenvalue weighted by Gasteiger charge is -2.03. The average Bonchev–Trinajstić information content (AvgIpc) is 2.62. The summed E-state index contributed by atoms with van der Waals surface area (Å²) < 4.78 is 0. The number of pyridine rings is 1. The molecule has 5 heteroatoms. The molecule has 0 aliphatic carbocycles. The van der Waals surface area contributed by atoms with Crippen LogP contribution >= 0.6 is 11.3 Å². The van der Waals surface area contributed by atoms with Gasteiger partial charge in [-0.25, -0.2) is 9.97 Å². The first-order valence-corrected chi connectivity index (χ1v) is 5.48. The Kier molecular flexibility index (Phi) is 2.82. The second-order valence-corrected chi connectivity index (χ2v) is 4.25. The Morgan fingerprint density at radius 3 is 3.07 bits per heavy atom. The highest BCUT2D eigenvalue weighted by Gasteiger charge is 1.98. The number of hydrogen-bond donors (Lipinski definition) is 2. The van der Waals surface area contributed by atoms with E-state index in [0.717, 1.165) is 16.5 Å². The fourth-order valence-electron chi connectivity index (χ4n) is 1.21. The molecule has 2 rings (SSSR count). The van der Waals surface area contributed by atoms with Gasteiger partial charge in [-0.05, 0) is 13.0 Å². The Morgan fingerprint density at radius 2 is 2.40 bits per heavy atom. The zero-order chi connectivity index (χ0) is 10.7. The molecule has 0 atom stereocenters. The Bertz CT molecular complexity index is 452. The smallest absolute Gasteiger partial charge is 0.128 e. The summed E-state index contributed by atoms with van der Waals surface area (Å²) in [6.45, 7) is 2.67. The number of nitrogens with two attached hydrogens (primary N) is 1. The standard InChI is InChI=1S/C10H12N4S/c1-7-14-9(6-15-7)5-13-10-4-8(11)2-3-12-10/h2-4,6H,5H2,1H3,(H3,11,12,13). The van der Waals surface area contributed by atoms with E-state index >= 15 is 0 Å². The Labute approximate surface area is 92.2 Å². The van der Waals surface area contributed by atoms with E-state index in [0.29, 0.717) is 12.2 Å². The zero-order valence-electron chi connectivity index (χ0n) is 8.40. The number of nitrogens with zero attached hydrogens (tertiary/aromatic N) is 2. The minimum Gasteiger partial charge on any atom is -0.399 e. The molecule has 0 radical (unpaired) electrons. The van der Waals surface area contributed by atoms with Crippen molar-refractivity contribution in [2.45, 2.75) is 13.5 Å². The maximum atomic E-state index is 5.64. The summed E-state index contributed by atoms with van der Waals surface area (Å²) in [6, 6.07) is 3.57. The lowest BCUT2D eigenvalue weighted by Crippen LogP contribution is -2.02. The zero-order valence-corrected chi connectivity index (χ0v) is 9.21. The van der Waals surface area contributed by atoms with Crippen molar-refractivity contribution in [3.63, 3.8) is 0 Å². The van der Waals surface area contributed by atoms with E-state index in [1.165, 1.54) is 0 Å². The van der Waals surface area contributed by atoms with Gasteiger partial charge in [-0.1, -0.05) is 0 Å². The van der Waals surface area contributed by atoms with Gasteiger partial charge in [0.1, 0.15) is 5.82 Å². The molecule has 15 heavy (non-hydrogen) atoms. The van der Waals surface area contributed by atoms with Crippen LogP contribution in [-0.2, 0) is 6.54 Å². The van der Waals surface area contributed by atoms with Gasteiger partial charge in [-0.2, -0.15) is 0 Å². The quantitative estimate of drug-likeness (QED) is 0.830. The molecule has 2 heterocycles. The highest BCUT2D eigenvalue weighted by molar-refractivity contribution is 7.09. The molecular formula is C10H12N4S. The normalized spacial score (nSPS) is 10.2. The van der Waals surface area contributed by atoms with Crippen LogP contribution in [0.1, 0.15) is 10.7 Å². The summed E-state index contributed by atoms with van der Waals surface area (Å²) in [5.41, 5.74) is 7.38. The average molecular weight is 220 g/mol. The van der Waals surface area contributed by atoms with Gasteiger partial charge >= 0.3 is 0 Å². The van der Waals surface area contributed by atoms with Crippen molar-refractivity contribution in [3.8, 4) is 0 Å². The number of aromatic nitrogens is 2. The number of nitrogens with one attached hydrogen (secondary N) is 1. The molecule has 3 N–H and O–H groups in total. The predicted molar refractivity (Wildman–Crippen MR) is 62.8 cm³/mol. The second kappa shape index (κ2) is 4.27. The van der Waals surface area contributed by atoms with Gasteiger partial charge in [0, 0.05) is 23.3 Å². The van der Waals surface area contributed by atoms with Crippen LogP contribution in [0, 0.1) is 6.92 Å². The summed E-state index contributed by atoms with van der Waals surface area (Å²) in [4.78, 5) is 8.49. The molecule has 0 saturated heterocycles. The Morgan fingerprint density at radius 1 is 1.53 bits per heavy atom. The predicted octanol–water partition coefficient (Wildman–Crippen LogP) is 2.04. The van der Waals surface area contributed by atoms with Crippen LogP contribution in [-0.4, -0.2) is 9.97 Å². The number of aryl methyl sites for hydroxylation is 1. The number of nitrogen functional groups attached to an aromatic ring is 1. The summed E-state index contributed by atoms with van der Waals surface area (Å²) in [6.07, 6.45) is 1.68. The maximum Gasteiger partial charge on any atom is 0.128 e. The van der Waals surface area contributed by atoms with E-state index in [1.54, 1.807) is 29.7 Å². The SMILES string of the molecule is Cc1nc(CNc2cc(N)ccn2)cs1. The number of thiazole rings is 1. The maximum absolute atomic E-state index is 5.64. The van der Waals surface area contributed by atoms with E-state index in [-0.39, 0.29) is 0 Å². The largest absolute Gasteiger partial charge is 0.399 e. The number of hydrogen-bond acceptors (Lipinski definition) is 5. The Balaban J connectivity index is 1.99. The van der Waals surface area contributed by atoms with Gasteiger partial charge in [0.05, 0.1) is 17.2 Å². The summed E-state index contributed by atoms with van der Waals surface area (Å²) in [5.74, 6) is 0.778. The number of rotatable bonds is 3. The van der Waals surface area contributed by atoms with Crippen LogP contribution in [0.4, 0.5) is 11.5 Å². The van der Waals surface area contributed by atoms with Crippen molar-refractivity contribution >= 4 is 22.8 Å². The van der Waals surface area contributed by atoms with Crippen LogP contribution in [0.15, 0.2) is 23.7 Å². The summed E-state index contributed by atoms with van der Waals surface area (Å²) >= 11 is 1.65. The molecule has 2 aromatic heterocycles. The van der Waals surface area contributed by atoms with Crippen LogP contribution in [0.3, 0.4) is 0 Å². The molecule has 0 bridgehead atoms. The second-order valence-electron chi connectivity index (χ2n) is 3.19. The first-order valence-electron chi connectivity index (χ1n) is 4.60. The van der Waals surface area contributed by atoms with E-state index < -0.39 is 0 Å². The van der Waals surface area contributed by atoms with Crippen LogP contribution in [0.5, 0.6) is 0 Å². The van der Waals surface area contributed by atoms with Crippen LogP contribution in [0.25, 0.3) is 0 Å². The molecule has 0 aromatic carbocycles. The van der Waals surface area contributed by atoms with E-state index in [4.69, 9.17) is 5.73 Å². The monoisotopic (exact) mass is 220 g/mol. The van der Waals surface area contributed by atoms with Crippen molar-refractivity contribution in [1.29, 1.82) is 0 Å². The minimum absolute atomic E-state index is 0.681. The van der Waals surface area contributed by atoms with Gasteiger partial charge in [0.15, 0.2) is 0 Å². The van der Waals surface area contributed by atoms with Crippen LogP contribution < -0.4 is 11.1 Å². The minimum atomic E-state index is 0.681. The van der Waals surface area contributed by atoms with Crippen LogP contribution in [0.2, 0.25) is 0 Å². The molecule has 0 saturated carbocycles. The third-order valence-electron chi connectivity index (χ3n) is 1.90. The van der Waals surface area contributed by atoms with E-state index in [9.17, 15) is 0 Å². The molecule has 4 nitrogen and oxygen atoms in total. The van der Waals surface area contributed by atoms with Gasteiger partial charge in [0.2, 0.25) is 0 Å². The van der Waals surface area contributed by atoms with Crippen molar-refractivity contribution in [1.82, 2.24) is 9.97 Å². The lowest BCUT2D eigenvalue weighted by atomic mass is 10.4. The molecule has 0 unspecified atom stereocenters. The van der Waals surface area contributed by atoms with Gasteiger partial charge in [0.25, 0.3) is 0 Å². The number of anilines is 2. The highest BCUT2D eigenvalue weighted by atomic mass is 32.1. The molecular weight excluding hydrogens is 208 g/mol. The summed E-state index contributed by atoms with van der Waals surface area (Å²) in [5, 5.41) is 6.28. The van der Waals surface area contributed by atoms with Crippen molar-refractivity contribution in [2.75, 3.05) is 11.1 Å². The highest BCUT2D eigenvalue weighted by Crippen LogP contribution is 2.11. The first kappa shape index (κ1) is 9.92. The molecule has 2 aromatic rings. The molecule has 0 spiro atoms. The van der Waals surface area contributed by atoms with Crippen molar-refractivity contribution < 1.29 is 0 Å². The summed E-state index contributed by atoms with van der Waals surface area (Å²) in [7, 11) is 0. The lowest BCUT2D eigenvalue weighted by molar-refractivity contribution is 1.04. The molecule has 78 valence electrons. The van der Waals surface area contributed by atoms with Gasteiger partial charge in [-0.15, -0.1) is 11.3 Å². The third-order valence-corrected chi connectivity index (χ3v) is 2.72. The van der Waals surface area contributed by atoms with Gasteiger partial charge in [-0.3, -0.25) is 0 Å². The fraction of sp³-hybridized carbons (Fsp3) is 0.200. The van der Waals surface area contributed by atoms with E-state index in [1.807, 2.05) is 12.3 Å². The molecule has 0 fully saturated rings. The van der Waals surface area contributed by atoms with E-state index in [2.05, 4.69) is 15.3 Å². The first-order chi connectivity index (χ1) is 7.24. The Hall–Kier alpha value is -1.62. The van der Waals surface area contributed by atoms with Crippen molar-refractivity contribution in [2.24, 2.45) is 0 Å².